The lowest BCUT2D eigenvalue weighted by molar-refractivity contribution is -0.110. The predicted molar refractivity (Wildman–Crippen MR) is 115 cm³/mol. The molecule has 0 spiro atoms. The molecule has 2 atom stereocenters. The molecule has 1 aliphatic carbocycles. The van der Waals surface area contributed by atoms with Crippen molar-refractivity contribution in [2.45, 2.75) is 39.2 Å². The van der Waals surface area contributed by atoms with Crippen LogP contribution in [0.25, 0.3) is 0 Å². The fraction of sp³-hybridized carbons (Fsp3) is 0.348. The van der Waals surface area contributed by atoms with Crippen LogP contribution in [0.15, 0.2) is 46.7 Å². The van der Waals surface area contributed by atoms with E-state index in [9.17, 15) is 13.6 Å². The first-order valence-electron chi connectivity index (χ1n) is 9.84. The monoisotopic (exact) mass is 429 g/mol. The molecule has 0 aliphatic heterocycles. The highest BCUT2D eigenvalue weighted by Crippen LogP contribution is 2.55. The summed E-state index contributed by atoms with van der Waals surface area (Å²) in [6.07, 6.45) is 1.75. The molecule has 0 bridgehead atoms. The van der Waals surface area contributed by atoms with Gasteiger partial charge in [0.25, 0.3) is 5.91 Å². The number of carbonyl (C=O) groups is 1. The van der Waals surface area contributed by atoms with E-state index in [0.717, 1.165) is 29.1 Å². The molecule has 1 aliphatic rings. The van der Waals surface area contributed by atoms with Gasteiger partial charge in [-0.2, -0.15) is 0 Å². The van der Waals surface area contributed by atoms with Gasteiger partial charge in [0.1, 0.15) is 31.6 Å². The summed E-state index contributed by atoms with van der Waals surface area (Å²) in [4.78, 5) is 22.0. The van der Waals surface area contributed by atoms with Gasteiger partial charge in [0.2, 0.25) is 0 Å². The van der Waals surface area contributed by atoms with E-state index in [0.29, 0.717) is 17.7 Å². The van der Waals surface area contributed by atoms with E-state index >= 15 is 0 Å². The van der Waals surface area contributed by atoms with Crippen molar-refractivity contribution in [3.63, 3.8) is 0 Å². The Morgan fingerprint density at radius 1 is 1.32 bits per heavy atom. The van der Waals surface area contributed by atoms with Crippen LogP contribution in [-0.4, -0.2) is 24.9 Å². The largest absolute Gasteiger partial charge is 0.399 e. The second-order valence-corrected chi connectivity index (χ2v) is 7.81. The average Bonchev–Trinajstić information content (AvgIpc) is 3.40. The lowest BCUT2D eigenvalue weighted by Gasteiger charge is -2.14. The van der Waals surface area contributed by atoms with Crippen molar-refractivity contribution in [2.24, 2.45) is 16.2 Å². The SMILES string of the molecule is CO/N=C/C(=O)Nc1cccc(C)c1CO/N=C(\C)C1CC1(C)c1ccc(F)cc1F. The minimum atomic E-state index is -0.592. The van der Waals surface area contributed by atoms with Crippen LogP contribution < -0.4 is 5.32 Å². The number of hydrogen-bond acceptors (Lipinski definition) is 5. The molecule has 2 aromatic rings. The fourth-order valence-electron chi connectivity index (χ4n) is 3.76. The van der Waals surface area contributed by atoms with Crippen LogP contribution >= 0.6 is 0 Å². The molecule has 2 unspecified atom stereocenters. The van der Waals surface area contributed by atoms with E-state index in [-0.39, 0.29) is 12.5 Å². The van der Waals surface area contributed by atoms with Gasteiger partial charge in [0.05, 0.1) is 5.71 Å². The summed E-state index contributed by atoms with van der Waals surface area (Å²) >= 11 is 0. The zero-order valence-electron chi connectivity index (χ0n) is 17.9. The maximum Gasteiger partial charge on any atom is 0.270 e. The topological polar surface area (TPSA) is 72.3 Å². The quantitative estimate of drug-likeness (QED) is 0.488. The molecule has 2 aromatic carbocycles. The number of nitrogens with zero attached hydrogens (tertiary/aromatic N) is 2. The number of amides is 1. The second kappa shape index (κ2) is 9.24. The Morgan fingerprint density at radius 2 is 2.10 bits per heavy atom. The first-order chi connectivity index (χ1) is 14.8. The smallest absolute Gasteiger partial charge is 0.270 e. The number of benzene rings is 2. The van der Waals surface area contributed by atoms with E-state index in [2.05, 4.69) is 20.5 Å². The Balaban J connectivity index is 1.67. The Labute approximate surface area is 179 Å². The molecule has 1 N–H and O–H groups in total. The highest BCUT2D eigenvalue weighted by molar-refractivity contribution is 6.31. The Bertz CT molecular complexity index is 1040. The number of nitrogens with one attached hydrogen (secondary N) is 1. The molecule has 6 nitrogen and oxygen atoms in total. The zero-order chi connectivity index (χ0) is 22.6. The van der Waals surface area contributed by atoms with Gasteiger partial charge in [-0.05, 0) is 43.5 Å². The maximum absolute atomic E-state index is 14.2. The number of carbonyl (C=O) groups excluding carboxylic acids is 1. The molecule has 0 heterocycles. The van der Waals surface area contributed by atoms with Crippen molar-refractivity contribution in [2.75, 3.05) is 12.4 Å². The minimum Gasteiger partial charge on any atom is -0.399 e. The summed E-state index contributed by atoms with van der Waals surface area (Å²) in [6.45, 7) is 5.82. The molecule has 1 saturated carbocycles. The molecular formula is C23H25F2N3O3. The Hall–Kier alpha value is -3.29. The van der Waals surface area contributed by atoms with Crippen molar-refractivity contribution in [1.82, 2.24) is 0 Å². The van der Waals surface area contributed by atoms with E-state index in [1.165, 1.54) is 19.2 Å². The normalized spacial score (nSPS) is 20.6. The fourth-order valence-corrected chi connectivity index (χ4v) is 3.76. The third kappa shape index (κ3) is 5.07. The van der Waals surface area contributed by atoms with Crippen molar-refractivity contribution >= 4 is 23.5 Å². The molecule has 0 aromatic heterocycles. The summed E-state index contributed by atoms with van der Waals surface area (Å²) in [5.41, 5.74) is 3.08. The number of oxime groups is 2. The van der Waals surface area contributed by atoms with E-state index in [1.54, 1.807) is 6.07 Å². The van der Waals surface area contributed by atoms with E-state index < -0.39 is 23.0 Å². The van der Waals surface area contributed by atoms with Crippen LogP contribution in [0.1, 0.15) is 37.0 Å². The summed E-state index contributed by atoms with van der Waals surface area (Å²) in [5.74, 6) is -1.56. The average molecular weight is 429 g/mol. The van der Waals surface area contributed by atoms with Crippen LogP contribution in [0.4, 0.5) is 14.5 Å². The minimum absolute atomic E-state index is 0.00811. The van der Waals surface area contributed by atoms with Crippen LogP contribution in [-0.2, 0) is 26.5 Å². The van der Waals surface area contributed by atoms with E-state index in [4.69, 9.17) is 4.84 Å². The van der Waals surface area contributed by atoms with E-state index in [1.807, 2.05) is 32.9 Å². The van der Waals surface area contributed by atoms with Crippen molar-refractivity contribution < 1.29 is 23.3 Å². The molecule has 1 amide bonds. The van der Waals surface area contributed by atoms with Gasteiger partial charge in [0, 0.05) is 28.7 Å². The van der Waals surface area contributed by atoms with Gasteiger partial charge < -0.3 is 15.0 Å². The van der Waals surface area contributed by atoms with Crippen molar-refractivity contribution in [3.8, 4) is 0 Å². The van der Waals surface area contributed by atoms with Crippen LogP contribution in [0, 0.1) is 24.5 Å². The summed E-state index contributed by atoms with van der Waals surface area (Å²) < 4.78 is 27.4. The Kier molecular flexibility index (Phi) is 6.68. The first kappa shape index (κ1) is 22.4. The maximum atomic E-state index is 14.2. The molecule has 3 rings (SSSR count). The zero-order valence-corrected chi connectivity index (χ0v) is 17.9. The van der Waals surface area contributed by atoms with Gasteiger partial charge in [-0.25, -0.2) is 8.78 Å². The summed E-state index contributed by atoms with van der Waals surface area (Å²) in [6, 6.07) is 9.16. The molecule has 0 saturated heterocycles. The Morgan fingerprint density at radius 3 is 2.81 bits per heavy atom. The number of anilines is 1. The predicted octanol–water partition coefficient (Wildman–Crippen LogP) is 4.71. The van der Waals surface area contributed by atoms with Crippen molar-refractivity contribution in [1.29, 1.82) is 0 Å². The van der Waals surface area contributed by atoms with Gasteiger partial charge >= 0.3 is 0 Å². The lowest BCUT2D eigenvalue weighted by Crippen LogP contribution is -2.15. The van der Waals surface area contributed by atoms with Gasteiger partial charge in [-0.1, -0.05) is 35.4 Å². The van der Waals surface area contributed by atoms with Crippen LogP contribution in [0.2, 0.25) is 0 Å². The van der Waals surface area contributed by atoms with Crippen molar-refractivity contribution in [3.05, 3.63) is 64.7 Å². The first-order valence-corrected chi connectivity index (χ1v) is 9.84. The highest BCUT2D eigenvalue weighted by atomic mass is 19.1. The van der Waals surface area contributed by atoms with Crippen LogP contribution in [0.3, 0.4) is 0 Å². The third-order valence-corrected chi connectivity index (χ3v) is 5.65. The molecule has 164 valence electrons. The molecule has 0 radical (unpaired) electrons. The summed E-state index contributed by atoms with van der Waals surface area (Å²) in [7, 11) is 1.35. The number of hydrogen-bond donors (Lipinski definition) is 1. The molecule has 31 heavy (non-hydrogen) atoms. The number of rotatable bonds is 8. The standard InChI is InChI=1S/C23H25F2N3O3/c1-14-6-5-7-21(27-22(29)12-26-30-4)17(14)13-31-28-15(2)19-11-23(19,3)18-9-8-16(24)10-20(18)25/h5-10,12,19H,11,13H2,1-4H3,(H,27,29)/b26-12+,28-15+. The highest BCUT2D eigenvalue weighted by Gasteiger charge is 2.54. The molecule has 8 heteroatoms. The third-order valence-electron chi connectivity index (χ3n) is 5.65. The molecular weight excluding hydrogens is 404 g/mol. The molecule has 1 fully saturated rings. The van der Waals surface area contributed by atoms with Gasteiger partial charge in [0.15, 0.2) is 0 Å². The van der Waals surface area contributed by atoms with Gasteiger partial charge in [-0.15, -0.1) is 0 Å². The number of halogens is 2. The number of aryl methyl sites for hydroxylation is 1. The summed E-state index contributed by atoms with van der Waals surface area (Å²) in [5, 5.41) is 10.4. The lowest BCUT2D eigenvalue weighted by atomic mass is 9.93. The second-order valence-electron chi connectivity index (χ2n) is 7.81. The van der Waals surface area contributed by atoms with Crippen LogP contribution in [0.5, 0.6) is 0 Å². The van der Waals surface area contributed by atoms with Gasteiger partial charge in [-0.3, -0.25) is 4.79 Å².